The van der Waals surface area contributed by atoms with Gasteiger partial charge in [0.15, 0.2) is 0 Å². The molecule has 1 atom stereocenters. The minimum absolute atomic E-state index is 0.191. The van der Waals surface area contributed by atoms with Crippen LogP contribution in [0.5, 0.6) is 0 Å². The van der Waals surface area contributed by atoms with Crippen molar-refractivity contribution >= 4 is 5.97 Å². The van der Waals surface area contributed by atoms with Crippen LogP contribution in [0.15, 0.2) is 48.5 Å². The number of carbonyl (C=O) groups is 1. The van der Waals surface area contributed by atoms with Crippen molar-refractivity contribution in [2.75, 3.05) is 0 Å². The first kappa shape index (κ1) is 15.3. The number of carbonyl (C=O) groups excluding carboxylic acids is 1. The molecular weight excluding hydrogens is 260 g/mol. The molecule has 0 bridgehead atoms. The van der Waals surface area contributed by atoms with Crippen molar-refractivity contribution in [1.82, 2.24) is 0 Å². The second-order valence-corrected chi connectivity index (χ2v) is 5.26. The molecule has 2 aromatic rings. The van der Waals surface area contributed by atoms with Crippen molar-refractivity contribution in [3.05, 3.63) is 70.8 Å². The maximum Gasteiger partial charge on any atom is 0.338 e. The number of hydrogen-bond donors (Lipinski definition) is 0. The van der Waals surface area contributed by atoms with Gasteiger partial charge in [0.05, 0.1) is 5.56 Å². The van der Waals surface area contributed by atoms with E-state index in [4.69, 9.17) is 4.74 Å². The minimum atomic E-state index is -0.259. The number of hydrogen-bond acceptors (Lipinski definition) is 2. The van der Waals surface area contributed by atoms with Gasteiger partial charge in [0.1, 0.15) is 6.10 Å². The maximum atomic E-state index is 12.2. The standard InChI is InChI=1S/C19H22O2/c1-4-15-8-12-17(13-9-15)19(20)21-18(5-2)16-10-6-14(3)7-11-16/h6-13,18H,4-5H2,1-3H3. The summed E-state index contributed by atoms with van der Waals surface area (Å²) in [5, 5.41) is 0. The van der Waals surface area contributed by atoms with Crippen LogP contribution in [0.25, 0.3) is 0 Å². The van der Waals surface area contributed by atoms with E-state index in [1.165, 1.54) is 11.1 Å². The van der Waals surface area contributed by atoms with Crippen LogP contribution in [-0.4, -0.2) is 5.97 Å². The Morgan fingerprint density at radius 1 is 1.00 bits per heavy atom. The first-order valence-corrected chi connectivity index (χ1v) is 7.50. The lowest BCUT2D eigenvalue weighted by Gasteiger charge is -2.17. The Morgan fingerprint density at radius 2 is 1.62 bits per heavy atom. The Balaban J connectivity index is 2.10. The SMILES string of the molecule is CCc1ccc(C(=O)OC(CC)c2ccc(C)cc2)cc1. The summed E-state index contributed by atoms with van der Waals surface area (Å²) in [5.74, 6) is -0.259. The van der Waals surface area contributed by atoms with Gasteiger partial charge in [0.25, 0.3) is 0 Å². The first-order valence-electron chi connectivity index (χ1n) is 7.50. The summed E-state index contributed by atoms with van der Waals surface area (Å²) in [4.78, 5) is 12.2. The van der Waals surface area contributed by atoms with E-state index in [1.807, 2.05) is 62.4 Å². The third-order valence-electron chi connectivity index (χ3n) is 3.67. The van der Waals surface area contributed by atoms with Gasteiger partial charge in [-0.15, -0.1) is 0 Å². The quantitative estimate of drug-likeness (QED) is 0.732. The Kier molecular flexibility index (Phi) is 5.15. The average Bonchev–Trinajstić information content (AvgIpc) is 2.53. The Bertz CT molecular complexity index is 582. The second-order valence-electron chi connectivity index (χ2n) is 5.26. The molecule has 2 aromatic carbocycles. The second kappa shape index (κ2) is 7.07. The zero-order chi connectivity index (χ0) is 15.2. The van der Waals surface area contributed by atoms with E-state index in [1.54, 1.807) is 0 Å². The van der Waals surface area contributed by atoms with Crippen LogP contribution in [0, 0.1) is 6.92 Å². The number of ether oxygens (including phenoxy) is 1. The number of aryl methyl sites for hydroxylation is 2. The lowest BCUT2D eigenvalue weighted by atomic mass is 10.1. The van der Waals surface area contributed by atoms with Crippen molar-refractivity contribution in [3.8, 4) is 0 Å². The average molecular weight is 282 g/mol. The van der Waals surface area contributed by atoms with Crippen LogP contribution in [0.4, 0.5) is 0 Å². The van der Waals surface area contributed by atoms with Gasteiger partial charge in [-0.1, -0.05) is 55.8 Å². The van der Waals surface area contributed by atoms with Crippen molar-refractivity contribution in [3.63, 3.8) is 0 Å². The van der Waals surface area contributed by atoms with Gasteiger partial charge in [-0.2, -0.15) is 0 Å². The highest BCUT2D eigenvalue weighted by Crippen LogP contribution is 2.23. The largest absolute Gasteiger partial charge is 0.454 e. The lowest BCUT2D eigenvalue weighted by Crippen LogP contribution is -2.11. The molecule has 2 nitrogen and oxygen atoms in total. The fourth-order valence-corrected chi connectivity index (χ4v) is 2.24. The van der Waals surface area contributed by atoms with Crippen LogP contribution in [0.1, 0.15) is 53.4 Å². The highest BCUT2D eigenvalue weighted by molar-refractivity contribution is 5.89. The molecule has 0 saturated heterocycles. The smallest absolute Gasteiger partial charge is 0.338 e. The summed E-state index contributed by atoms with van der Waals surface area (Å²) < 4.78 is 5.65. The number of benzene rings is 2. The Morgan fingerprint density at radius 3 is 2.14 bits per heavy atom. The lowest BCUT2D eigenvalue weighted by molar-refractivity contribution is 0.0288. The molecule has 0 radical (unpaired) electrons. The van der Waals surface area contributed by atoms with Crippen LogP contribution >= 0.6 is 0 Å². The molecule has 0 amide bonds. The van der Waals surface area contributed by atoms with E-state index in [9.17, 15) is 4.79 Å². The molecule has 0 N–H and O–H groups in total. The third-order valence-corrected chi connectivity index (χ3v) is 3.67. The molecule has 0 aliphatic heterocycles. The minimum Gasteiger partial charge on any atom is -0.454 e. The van der Waals surface area contributed by atoms with E-state index >= 15 is 0 Å². The molecular formula is C19H22O2. The molecule has 2 rings (SSSR count). The van der Waals surface area contributed by atoms with Crippen LogP contribution < -0.4 is 0 Å². The highest BCUT2D eigenvalue weighted by atomic mass is 16.5. The third kappa shape index (κ3) is 3.94. The molecule has 110 valence electrons. The van der Waals surface area contributed by atoms with E-state index in [2.05, 4.69) is 6.92 Å². The van der Waals surface area contributed by atoms with Crippen molar-refractivity contribution in [2.45, 2.75) is 39.7 Å². The predicted octanol–water partition coefficient (Wildman–Crippen LogP) is 4.87. The zero-order valence-electron chi connectivity index (χ0n) is 12.9. The number of esters is 1. The van der Waals surface area contributed by atoms with Crippen LogP contribution in [0.3, 0.4) is 0 Å². The van der Waals surface area contributed by atoms with Gasteiger partial charge >= 0.3 is 5.97 Å². The summed E-state index contributed by atoms with van der Waals surface area (Å²) in [6.07, 6.45) is 1.54. The first-order chi connectivity index (χ1) is 10.1. The van der Waals surface area contributed by atoms with E-state index in [-0.39, 0.29) is 12.1 Å². The van der Waals surface area contributed by atoms with Gasteiger partial charge in [-0.25, -0.2) is 4.79 Å². The molecule has 21 heavy (non-hydrogen) atoms. The molecule has 2 heteroatoms. The fraction of sp³-hybridized carbons (Fsp3) is 0.316. The molecule has 0 spiro atoms. The molecule has 0 fully saturated rings. The topological polar surface area (TPSA) is 26.3 Å². The molecule has 0 aromatic heterocycles. The summed E-state index contributed by atoms with van der Waals surface area (Å²) in [7, 11) is 0. The van der Waals surface area contributed by atoms with E-state index in [0.29, 0.717) is 5.56 Å². The van der Waals surface area contributed by atoms with Gasteiger partial charge < -0.3 is 4.74 Å². The van der Waals surface area contributed by atoms with Gasteiger partial charge in [0.2, 0.25) is 0 Å². The molecule has 0 aliphatic rings. The van der Waals surface area contributed by atoms with Gasteiger partial charge in [-0.05, 0) is 43.0 Å². The van der Waals surface area contributed by atoms with Gasteiger partial charge in [0, 0.05) is 0 Å². The van der Waals surface area contributed by atoms with Gasteiger partial charge in [-0.3, -0.25) is 0 Å². The number of rotatable bonds is 5. The monoisotopic (exact) mass is 282 g/mol. The van der Waals surface area contributed by atoms with E-state index in [0.717, 1.165) is 18.4 Å². The normalized spacial score (nSPS) is 12.0. The van der Waals surface area contributed by atoms with Crippen molar-refractivity contribution in [1.29, 1.82) is 0 Å². The summed E-state index contributed by atoms with van der Waals surface area (Å²) in [6.45, 7) is 6.17. The fourth-order valence-electron chi connectivity index (χ4n) is 2.24. The Labute approximate surface area is 126 Å². The van der Waals surface area contributed by atoms with E-state index < -0.39 is 0 Å². The Hall–Kier alpha value is -2.09. The van der Waals surface area contributed by atoms with Crippen molar-refractivity contribution < 1.29 is 9.53 Å². The summed E-state index contributed by atoms with van der Waals surface area (Å²) >= 11 is 0. The maximum absolute atomic E-state index is 12.2. The predicted molar refractivity (Wildman–Crippen MR) is 85.4 cm³/mol. The van der Waals surface area contributed by atoms with Crippen LogP contribution in [-0.2, 0) is 11.2 Å². The molecule has 0 saturated carbocycles. The molecule has 0 heterocycles. The van der Waals surface area contributed by atoms with Crippen LogP contribution in [0.2, 0.25) is 0 Å². The highest BCUT2D eigenvalue weighted by Gasteiger charge is 2.16. The molecule has 0 aliphatic carbocycles. The molecule has 1 unspecified atom stereocenters. The van der Waals surface area contributed by atoms with Crippen molar-refractivity contribution in [2.24, 2.45) is 0 Å². The summed E-state index contributed by atoms with van der Waals surface area (Å²) in [6, 6.07) is 15.8. The summed E-state index contributed by atoms with van der Waals surface area (Å²) in [5.41, 5.74) is 4.08. The zero-order valence-corrected chi connectivity index (χ0v) is 12.9.